The van der Waals surface area contributed by atoms with Crippen molar-refractivity contribution < 1.29 is 17.9 Å². The molecule has 2 heterocycles. The molecule has 1 aliphatic rings. The van der Waals surface area contributed by atoms with Gasteiger partial charge in [-0.05, 0) is 35.9 Å². The number of nitrogens with one attached hydrogen (secondary N) is 2. The molecule has 2 N–H and O–H groups in total. The highest BCUT2D eigenvalue weighted by molar-refractivity contribution is 7.89. The Morgan fingerprint density at radius 3 is 2.81 bits per heavy atom. The van der Waals surface area contributed by atoms with E-state index in [-0.39, 0.29) is 10.6 Å². The van der Waals surface area contributed by atoms with Gasteiger partial charge in [-0.2, -0.15) is 0 Å². The molecular formula is C18H15N3O4S. The van der Waals surface area contributed by atoms with E-state index in [0.29, 0.717) is 24.3 Å². The number of fused-ring (bicyclic) bond motifs is 2. The molecule has 132 valence electrons. The van der Waals surface area contributed by atoms with Crippen molar-refractivity contribution in [3.8, 4) is 5.75 Å². The second-order valence-corrected chi connectivity index (χ2v) is 7.50. The van der Waals surface area contributed by atoms with Crippen LogP contribution in [0.1, 0.15) is 16.1 Å². The molecule has 0 saturated carbocycles. The van der Waals surface area contributed by atoms with E-state index < -0.39 is 15.9 Å². The number of rotatable bonds is 4. The van der Waals surface area contributed by atoms with Crippen LogP contribution in [0.4, 0.5) is 0 Å². The first-order valence-electron chi connectivity index (χ1n) is 7.97. The summed E-state index contributed by atoms with van der Waals surface area (Å²) in [5.74, 6) is 0.0529. The number of benzene rings is 2. The molecule has 0 aliphatic carbocycles. The molecule has 26 heavy (non-hydrogen) atoms. The Labute approximate surface area is 150 Å². The van der Waals surface area contributed by atoms with Crippen LogP contribution in [0.15, 0.2) is 59.5 Å². The van der Waals surface area contributed by atoms with Gasteiger partial charge in [-0.1, -0.05) is 24.3 Å². The van der Waals surface area contributed by atoms with Gasteiger partial charge in [-0.3, -0.25) is 10.2 Å². The van der Waals surface area contributed by atoms with E-state index in [1.54, 1.807) is 30.3 Å². The molecule has 0 saturated heterocycles. The Bertz CT molecular complexity index is 1110. The van der Waals surface area contributed by atoms with Crippen LogP contribution in [0.5, 0.6) is 5.75 Å². The standard InChI is InChI=1S/C18H15N3O4S/c22-18(16-7-5-12-3-1-2-4-15(12)19-16)20-21-26(23,24)14-6-8-17-13(11-14)9-10-25-17/h1-8,11,21H,9-10H2,(H,20,22). The topological polar surface area (TPSA) is 97.4 Å². The van der Waals surface area contributed by atoms with Crippen LogP contribution in [0.3, 0.4) is 0 Å². The normalized spacial score (nSPS) is 13.2. The SMILES string of the molecule is O=C(NNS(=O)(=O)c1ccc2c(c1)CCO2)c1ccc2ccccc2n1. The first-order valence-corrected chi connectivity index (χ1v) is 9.45. The van der Waals surface area contributed by atoms with Crippen molar-refractivity contribution in [3.63, 3.8) is 0 Å². The molecule has 0 unspecified atom stereocenters. The molecule has 2 aromatic carbocycles. The average molecular weight is 369 g/mol. The molecular weight excluding hydrogens is 354 g/mol. The second kappa shape index (κ2) is 6.40. The van der Waals surface area contributed by atoms with Crippen molar-refractivity contribution in [3.05, 3.63) is 65.9 Å². The van der Waals surface area contributed by atoms with Gasteiger partial charge in [0.1, 0.15) is 11.4 Å². The van der Waals surface area contributed by atoms with E-state index in [1.165, 1.54) is 6.07 Å². The largest absolute Gasteiger partial charge is 0.493 e. The summed E-state index contributed by atoms with van der Waals surface area (Å²) in [6, 6.07) is 15.2. The molecule has 1 aromatic heterocycles. The van der Waals surface area contributed by atoms with Gasteiger partial charge in [-0.25, -0.2) is 13.4 Å². The highest BCUT2D eigenvalue weighted by Gasteiger charge is 2.20. The van der Waals surface area contributed by atoms with Crippen molar-refractivity contribution in [2.75, 3.05) is 6.61 Å². The zero-order valence-corrected chi connectivity index (χ0v) is 14.4. The fourth-order valence-corrected chi connectivity index (χ4v) is 3.65. The van der Waals surface area contributed by atoms with Crippen molar-refractivity contribution in [2.45, 2.75) is 11.3 Å². The zero-order chi connectivity index (χ0) is 18.1. The lowest BCUT2D eigenvalue weighted by Crippen LogP contribution is -2.41. The third kappa shape index (κ3) is 3.12. The number of pyridine rings is 1. The molecule has 1 aliphatic heterocycles. The predicted molar refractivity (Wildman–Crippen MR) is 95.2 cm³/mol. The van der Waals surface area contributed by atoms with E-state index in [9.17, 15) is 13.2 Å². The van der Waals surface area contributed by atoms with Crippen LogP contribution in [-0.2, 0) is 16.4 Å². The molecule has 0 fully saturated rings. The Kier molecular flexibility index (Phi) is 4.06. The van der Waals surface area contributed by atoms with E-state index >= 15 is 0 Å². The van der Waals surface area contributed by atoms with Gasteiger partial charge in [0.15, 0.2) is 0 Å². The third-order valence-corrected chi connectivity index (χ3v) is 5.35. The number of ether oxygens (including phenoxy) is 1. The maximum absolute atomic E-state index is 12.4. The molecule has 3 aromatic rings. The van der Waals surface area contributed by atoms with Crippen molar-refractivity contribution in [1.82, 2.24) is 15.2 Å². The molecule has 1 amide bonds. The minimum absolute atomic E-state index is 0.0634. The van der Waals surface area contributed by atoms with Gasteiger partial charge in [-0.15, -0.1) is 4.83 Å². The Hall–Kier alpha value is -2.97. The maximum atomic E-state index is 12.4. The fourth-order valence-electron chi connectivity index (χ4n) is 2.76. The van der Waals surface area contributed by atoms with Crippen LogP contribution in [-0.4, -0.2) is 25.9 Å². The number of sulfonamides is 1. The van der Waals surface area contributed by atoms with Crippen LogP contribution in [0, 0.1) is 0 Å². The van der Waals surface area contributed by atoms with E-state index in [2.05, 4.69) is 15.2 Å². The van der Waals surface area contributed by atoms with E-state index in [4.69, 9.17) is 4.74 Å². The summed E-state index contributed by atoms with van der Waals surface area (Å²) in [5.41, 5.74) is 3.80. The van der Waals surface area contributed by atoms with Gasteiger partial charge in [0.25, 0.3) is 15.9 Å². The van der Waals surface area contributed by atoms with Crippen molar-refractivity contribution in [2.24, 2.45) is 0 Å². The minimum atomic E-state index is -3.89. The van der Waals surface area contributed by atoms with Gasteiger partial charge < -0.3 is 4.74 Å². The summed E-state index contributed by atoms with van der Waals surface area (Å²) >= 11 is 0. The molecule has 0 atom stereocenters. The van der Waals surface area contributed by atoms with Gasteiger partial charge in [0, 0.05) is 11.8 Å². The zero-order valence-electron chi connectivity index (χ0n) is 13.6. The monoisotopic (exact) mass is 369 g/mol. The first kappa shape index (κ1) is 16.5. The minimum Gasteiger partial charge on any atom is -0.493 e. The summed E-state index contributed by atoms with van der Waals surface area (Å²) in [6.07, 6.45) is 0.659. The van der Waals surface area contributed by atoms with Crippen molar-refractivity contribution >= 4 is 26.8 Å². The van der Waals surface area contributed by atoms with Crippen LogP contribution in [0.25, 0.3) is 10.9 Å². The quantitative estimate of drug-likeness (QED) is 0.684. The molecule has 0 bridgehead atoms. The molecule has 0 spiro atoms. The first-order chi connectivity index (χ1) is 12.5. The predicted octanol–water partition coefficient (Wildman–Crippen LogP) is 1.79. The van der Waals surface area contributed by atoms with E-state index in [1.807, 2.05) is 18.2 Å². The molecule has 8 heteroatoms. The van der Waals surface area contributed by atoms with Gasteiger partial charge >= 0.3 is 0 Å². The van der Waals surface area contributed by atoms with Gasteiger partial charge in [0.05, 0.1) is 17.0 Å². The Morgan fingerprint density at radius 1 is 1.08 bits per heavy atom. The average Bonchev–Trinajstić information content (AvgIpc) is 3.13. The maximum Gasteiger partial charge on any atom is 0.284 e. The number of nitrogens with zero attached hydrogens (tertiary/aromatic N) is 1. The Balaban J connectivity index is 1.50. The summed E-state index contributed by atoms with van der Waals surface area (Å²) in [5, 5.41) is 0.894. The van der Waals surface area contributed by atoms with Gasteiger partial charge in [0.2, 0.25) is 0 Å². The summed E-state index contributed by atoms with van der Waals surface area (Å²) < 4.78 is 30.2. The summed E-state index contributed by atoms with van der Waals surface area (Å²) in [4.78, 5) is 18.6. The van der Waals surface area contributed by atoms with Crippen LogP contribution >= 0.6 is 0 Å². The highest BCUT2D eigenvalue weighted by Crippen LogP contribution is 2.27. The van der Waals surface area contributed by atoms with E-state index in [0.717, 1.165) is 10.9 Å². The number of hydrogen-bond donors (Lipinski definition) is 2. The number of aromatic nitrogens is 1. The number of amides is 1. The lowest BCUT2D eigenvalue weighted by Gasteiger charge is -2.09. The van der Waals surface area contributed by atoms with Crippen molar-refractivity contribution in [1.29, 1.82) is 0 Å². The summed E-state index contributed by atoms with van der Waals surface area (Å²) in [7, 11) is -3.89. The number of hydrazine groups is 1. The fraction of sp³-hybridized carbons (Fsp3) is 0.111. The molecule has 0 radical (unpaired) electrons. The smallest absolute Gasteiger partial charge is 0.284 e. The van der Waals surface area contributed by atoms with Crippen LogP contribution < -0.4 is 15.0 Å². The number of para-hydroxylation sites is 1. The Morgan fingerprint density at radius 2 is 1.92 bits per heavy atom. The lowest BCUT2D eigenvalue weighted by atomic mass is 10.2. The highest BCUT2D eigenvalue weighted by atomic mass is 32.2. The molecule has 4 rings (SSSR count). The summed E-state index contributed by atoms with van der Waals surface area (Å²) in [6.45, 7) is 0.538. The second-order valence-electron chi connectivity index (χ2n) is 5.82. The number of carbonyl (C=O) groups excluding carboxylic acids is 1. The number of hydrogen-bond acceptors (Lipinski definition) is 5. The van der Waals surface area contributed by atoms with Crippen LogP contribution in [0.2, 0.25) is 0 Å². The molecule has 7 nitrogen and oxygen atoms in total. The third-order valence-electron chi connectivity index (χ3n) is 4.10. The lowest BCUT2D eigenvalue weighted by molar-refractivity contribution is 0.0940. The number of carbonyl (C=O) groups is 1.